The standard InChI is InChI=1S/C17H26N2/c1-2-19-10-9-15(13-19)12-18-11-14-3-5-16(6-4-14)17-7-8-17/h3-6,15,17-18H,2,7-13H2,1H3. The molecule has 1 N–H and O–H groups in total. The lowest BCUT2D eigenvalue weighted by Crippen LogP contribution is -2.26. The summed E-state index contributed by atoms with van der Waals surface area (Å²) in [6.45, 7) is 8.23. The average molecular weight is 258 g/mol. The van der Waals surface area contributed by atoms with Gasteiger partial charge in [0.1, 0.15) is 0 Å². The number of hydrogen-bond donors (Lipinski definition) is 1. The lowest BCUT2D eigenvalue weighted by Gasteiger charge is -2.13. The molecule has 0 spiro atoms. The van der Waals surface area contributed by atoms with E-state index in [0.717, 1.165) is 18.4 Å². The molecule has 3 rings (SSSR count). The first kappa shape index (κ1) is 13.1. The van der Waals surface area contributed by atoms with Gasteiger partial charge in [-0.3, -0.25) is 0 Å². The van der Waals surface area contributed by atoms with Crippen molar-refractivity contribution in [2.24, 2.45) is 5.92 Å². The maximum absolute atomic E-state index is 3.63. The van der Waals surface area contributed by atoms with Crippen LogP contribution in [0.25, 0.3) is 0 Å². The van der Waals surface area contributed by atoms with Gasteiger partial charge in [0.05, 0.1) is 0 Å². The molecule has 1 aromatic carbocycles. The summed E-state index contributed by atoms with van der Waals surface area (Å²) in [5.41, 5.74) is 2.97. The van der Waals surface area contributed by atoms with Crippen LogP contribution in [0.15, 0.2) is 24.3 Å². The van der Waals surface area contributed by atoms with Crippen molar-refractivity contribution >= 4 is 0 Å². The highest BCUT2D eigenvalue weighted by molar-refractivity contribution is 5.27. The Bertz CT molecular complexity index is 394. The molecule has 1 atom stereocenters. The fourth-order valence-electron chi connectivity index (χ4n) is 3.11. The maximum atomic E-state index is 3.63. The van der Waals surface area contributed by atoms with E-state index < -0.39 is 0 Å². The normalized spacial score (nSPS) is 23.9. The molecule has 1 unspecified atom stereocenters. The van der Waals surface area contributed by atoms with E-state index in [4.69, 9.17) is 0 Å². The van der Waals surface area contributed by atoms with Crippen LogP contribution in [0.3, 0.4) is 0 Å². The highest BCUT2D eigenvalue weighted by Crippen LogP contribution is 2.39. The van der Waals surface area contributed by atoms with Gasteiger partial charge < -0.3 is 10.2 Å². The summed E-state index contributed by atoms with van der Waals surface area (Å²) in [6, 6.07) is 9.24. The van der Waals surface area contributed by atoms with Crippen LogP contribution in [0.2, 0.25) is 0 Å². The Morgan fingerprint density at radius 3 is 2.58 bits per heavy atom. The number of benzene rings is 1. The van der Waals surface area contributed by atoms with E-state index in [-0.39, 0.29) is 0 Å². The van der Waals surface area contributed by atoms with Gasteiger partial charge in [0, 0.05) is 13.1 Å². The lowest BCUT2D eigenvalue weighted by atomic mass is 10.1. The fourth-order valence-corrected chi connectivity index (χ4v) is 3.11. The summed E-state index contributed by atoms with van der Waals surface area (Å²) < 4.78 is 0. The van der Waals surface area contributed by atoms with E-state index in [1.54, 1.807) is 0 Å². The third kappa shape index (κ3) is 3.58. The van der Waals surface area contributed by atoms with Crippen LogP contribution in [0.4, 0.5) is 0 Å². The number of rotatable bonds is 6. The van der Waals surface area contributed by atoms with Crippen LogP contribution < -0.4 is 5.32 Å². The topological polar surface area (TPSA) is 15.3 Å². The van der Waals surface area contributed by atoms with E-state index in [2.05, 4.69) is 41.4 Å². The van der Waals surface area contributed by atoms with Crippen LogP contribution in [-0.4, -0.2) is 31.1 Å². The number of nitrogens with one attached hydrogen (secondary N) is 1. The van der Waals surface area contributed by atoms with E-state index in [0.29, 0.717) is 0 Å². The monoisotopic (exact) mass is 258 g/mol. The summed E-state index contributed by atoms with van der Waals surface area (Å²) in [5.74, 6) is 1.73. The number of hydrogen-bond acceptors (Lipinski definition) is 2. The first-order valence-corrected chi connectivity index (χ1v) is 7.87. The van der Waals surface area contributed by atoms with Crippen LogP contribution in [0.1, 0.15) is 43.2 Å². The first-order valence-electron chi connectivity index (χ1n) is 7.87. The lowest BCUT2D eigenvalue weighted by molar-refractivity contribution is 0.339. The summed E-state index contributed by atoms with van der Waals surface area (Å²) in [6.07, 6.45) is 4.15. The van der Waals surface area contributed by atoms with E-state index in [9.17, 15) is 0 Å². The molecule has 2 fully saturated rings. The Kier molecular flexibility index (Phi) is 4.19. The Hall–Kier alpha value is -0.860. The predicted molar refractivity (Wildman–Crippen MR) is 80.3 cm³/mol. The molecule has 1 saturated carbocycles. The van der Waals surface area contributed by atoms with E-state index in [1.165, 1.54) is 56.6 Å². The molecule has 0 bridgehead atoms. The minimum absolute atomic E-state index is 0.852. The Morgan fingerprint density at radius 2 is 1.95 bits per heavy atom. The minimum atomic E-state index is 0.852. The van der Waals surface area contributed by atoms with Gasteiger partial charge in [-0.25, -0.2) is 0 Å². The molecule has 0 amide bonds. The number of likely N-dealkylation sites (tertiary alicyclic amines) is 1. The molecule has 0 radical (unpaired) electrons. The van der Waals surface area contributed by atoms with Gasteiger partial charge in [-0.15, -0.1) is 0 Å². The van der Waals surface area contributed by atoms with Crippen molar-refractivity contribution in [2.75, 3.05) is 26.2 Å². The molecule has 1 heterocycles. The zero-order chi connectivity index (χ0) is 13.1. The smallest absolute Gasteiger partial charge is 0.0205 e. The second-order valence-electron chi connectivity index (χ2n) is 6.19. The molecule has 1 aliphatic heterocycles. The second-order valence-corrected chi connectivity index (χ2v) is 6.19. The van der Waals surface area contributed by atoms with Crippen molar-refractivity contribution in [3.8, 4) is 0 Å². The van der Waals surface area contributed by atoms with Gasteiger partial charge in [-0.2, -0.15) is 0 Å². The van der Waals surface area contributed by atoms with Crippen molar-refractivity contribution in [2.45, 2.75) is 38.6 Å². The van der Waals surface area contributed by atoms with Crippen molar-refractivity contribution in [1.82, 2.24) is 10.2 Å². The molecule has 1 aromatic rings. The van der Waals surface area contributed by atoms with Crippen molar-refractivity contribution in [3.05, 3.63) is 35.4 Å². The Labute approximate surface area is 117 Å². The minimum Gasteiger partial charge on any atom is -0.312 e. The van der Waals surface area contributed by atoms with Crippen LogP contribution >= 0.6 is 0 Å². The summed E-state index contributed by atoms with van der Waals surface area (Å²) in [4.78, 5) is 2.55. The molecule has 0 aromatic heterocycles. The molecule has 2 aliphatic rings. The molecule has 2 nitrogen and oxygen atoms in total. The van der Waals surface area contributed by atoms with Gasteiger partial charge >= 0.3 is 0 Å². The molecule has 104 valence electrons. The van der Waals surface area contributed by atoms with Crippen LogP contribution in [0.5, 0.6) is 0 Å². The quantitative estimate of drug-likeness (QED) is 0.844. The van der Waals surface area contributed by atoms with Gasteiger partial charge in [-0.1, -0.05) is 31.2 Å². The van der Waals surface area contributed by atoms with E-state index in [1.807, 2.05) is 0 Å². The largest absolute Gasteiger partial charge is 0.312 e. The van der Waals surface area contributed by atoms with Crippen molar-refractivity contribution < 1.29 is 0 Å². The summed E-state index contributed by atoms with van der Waals surface area (Å²) in [7, 11) is 0. The van der Waals surface area contributed by atoms with Crippen molar-refractivity contribution in [1.29, 1.82) is 0 Å². The molecule has 1 saturated heterocycles. The maximum Gasteiger partial charge on any atom is 0.0205 e. The second kappa shape index (κ2) is 6.06. The zero-order valence-electron chi connectivity index (χ0n) is 12.1. The zero-order valence-corrected chi connectivity index (χ0v) is 12.1. The first-order chi connectivity index (χ1) is 9.35. The highest BCUT2D eigenvalue weighted by atomic mass is 15.1. The third-order valence-electron chi connectivity index (χ3n) is 4.61. The molecular formula is C17H26N2. The summed E-state index contributed by atoms with van der Waals surface area (Å²) in [5, 5.41) is 3.63. The molecular weight excluding hydrogens is 232 g/mol. The Balaban J connectivity index is 1.39. The van der Waals surface area contributed by atoms with Crippen molar-refractivity contribution in [3.63, 3.8) is 0 Å². The average Bonchev–Trinajstić information content (AvgIpc) is 3.19. The van der Waals surface area contributed by atoms with E-state index >= 15 is 0 Å². The SMILES string of the molecule is CCN1CCC(CNCc2ccc(C3CC3)cc2)C1. The van der Waals surface area contributed by atoms with Gasteiger partial charge in [-0.05, 0) is 61.9 Å². The molecule has 19 heavy (non-hydrogen) atoms. The fraction of sp³-hybridized carbons (Fsp3) is 0.647. The van der Waals surface area contributed by atoms with Gasteiger partial charge in [0.15, 0.2) is 0 Å². The van der Waals surface area contributed by atoms with Crippen LogP contribution in [-0.2, 0) is 6.54 Å². The predicted octanol–water partition coefficient (Wildman–Crippen LogP) is 3.00. The summed E-state index contributed by atoms with van der Waals surface area (Å²) >= 11 is 0. The van der Waals surface area contributed by atoms with Crippen LogP contribution in [0, 0.1) is 5.92 Å². The Morgan fingerprint density at radius 1 is 1.16 bits per heavy atom. The number of nitrogens with zero attached hydrogens (tertiary/aromatic N) is 1. The molecule has 1 aliphatic carbocycles. The highest BCUT2D eigenvalue weighted by Gasteiger charge is 2.23. The van der Waals surface area contributed by atoms with Gasteiger partial charge in [0.2, 0.25) is 0 Å². The molecule has 2 heteroatoms. The van der Waals surface area contributed by atoms with Gasteiger partial charge in [0.25, 0.3) is 0 Å². The third-order valence-corrected chi connectivity index (χ3v) is 4.61.